The van der Waals surface area contributed by atoms with E-state index in [-0.39, 0.29) is 12.4 Å². The highest BCUT2D eigenvalue weighted by molar-refractivity contribution is 6.13. The van der Waals surface area contributed by atoms with E-state index in [9.17, 15) is 9.59 Å². The Labute approximate surface area is 129 Å². The molecule has 3 nitrogen and oxygen atoms in total. The van der Waals surface area contributed by atoms with Gasteiger partial charge in [0.25, 0.3) is 0 Å². The predicted octanol–water partition coefficient (Wildman–Crippen LogP) is 3.57. The fourth-order valence-electron chi connectivity index (χ4n) is 2.83. The molecule has 3 rings (SSSR count). The van der Waals surface area contributed by atoms with Crippen LogP contribution >= 0.6 is 0 Å². The highest BCUT2D eigenvalue weighted by Gasteiger charge is 2.45. The van der Waals surface area contributed by atoms with Crippen molar-refractivity contribution >= 4 is 11.8 Å². The third-order valence-corrected chi connectivity index (χ3v) is 4.32. The van der Waals surface area contributed by atoms with Crippen LogP contribution in [0.2, 0.25) is 0 Å². The zero-order valence-corrected chi connectivity index (χ0v) is 12.5. The number of esters is 1. The van der Waals surface area contributed by atoms with Gasteiger partial charge in [-0.3, -0.25) is 9.59 Å². The van der Waals surface area contributed by atoms with E-state index in [0.717, 1.165) is 17.5 Å². The molecule has 0 aromatic heterocycles. The lowest BCUT2D eigenvalue weighted by Gasteiger charge is -2.31. The molecule has 0 saturated heterocycles. The molecule has 1 aliphatic rings. The van der Waals surface area contributed by atoms with Crippen LogP contribution < -0.4 is 0 Å². The van der Waals surface area contributed by atoms with Crippen molar-refractivity contribution in [3.8, 4) is 0 Å². The summed E-state index contributed by atoms with van der Waals surface area (Å²) < 4.78 is 5.40. The smallest absolute Gasteiger partial charge is 0.320 e. The SMILES string of the molecule is C[C@@]1(C(=O)OCc2ccccc2)CCc2ccccc2C1=O. The Bertz CT molecular complexity index is 706. The minimum atomic E-state index is -1.08. The lowest BCUT2D eigenvalue weighted by Crippen LogP contribution is -2.41. The summed E-state index contributed by atoms with van der Waals surface area (Å²) in [6.45, 7) is 1.89. The second-order valence-corrected chi connectivity index (χ2v) is 5.88. The predicted molar refractivity (Wildman–Crippen MR) is 83.4 cm³/mol. The number of ketones is 1. The van der Waals surface area contributed by atoms with E-state index in [2.05, 4.69) is 0 Å². The standard InChI is InChI=1S/C19H18O3/c1-19(18(21)22-13-14-7-3-2-4-8-14)12-11-15-9-5-6-10-16(15)17(19)20/h2-10H,11-13H2,1H3/t19-/m1/s1. The van der Waals surface area contributed by atoms with E-state index in [0.29, 0.717) is 12.0 Å². The van der Waals surface area contributed by atoms with Gasteiger partial charge < -0.3 is 4.74 Å². The second-order valence-electron chi connectivity index (χ2n) is 5.88. The van der Waals surface area contributed by atoms with Crippen LogP contribution in [-0.2, 0) is 22.6 Å². The molecule has 0 spiro atoms. The number of carbonyl (C=O) groups is 2. The summed E-state index contributed by atoms with van der Waals surface area (Å²) in [6, 6.07) is 17.0. The average molecular weight is 294 g/mol. The van der Waals surface area contributed by atoms with E-state index in [1.807, 2.05) is 48.5 Å². The highest BCUT2D eigenvalue weighted by Crippen LogP contribution is 2.36. The molecular formula is C19H18O3. The molecule has 1 atom stereocenters. The summed E-state index contributed by atoms with van der Waals surface area (Å²) in [5.41, 5.74) is 1.50. The largest absolute Gasteiger partial charge is 0.460 e. The van der Waals surface area contributed by atoms with Crippen molar-refractivity contribution in [3.63, 3.8) is 0 Å². The number of ether oxygens (including phenoxy) is 1. The zero-order valence-electron chi connectivity index (χ0n) is 12.5. The minimum absolute atomic E-state index is 0.132. The van der Waals surface area contributed by atoms with Crippen molar-refractivity contribution < 1.29 is 14.3 Å². The fourth-order valence-corrected chi connectivity index (χ4v) is 2.83. The Morgan fingerprint density at radius 2 is 1.77 bits per heavy atom. The quantitative estimate of drug-likeness (QED) is 0.642. The fraction of sp³-hybridized carbons (Fsp3) is 0.263. The Morgan fingerprint density at radius 1 is 1.09 bits per heavy atom. The normalized spacial score (nSPS) is 20.3. The number of rotatable bonds is 3. The third-order valence-electron chi connectivity index (χ3n) is 4.32. The van der Waals surface area contributed by atoms with E-state index in [4.69, 9.17) is 4.74 Å². The second kappa shape index (κ2) is 5.76. The molecule has 0 N–H and O–H groups in total. The van der Waals surface area contributed by atoms with Crippen molar-refractivity contribution in [1.82, 2.24) is 0 Å². The molecular weight excluding hydrogens is 276 g/mol. The van der Waals surface area contributed by atoms with Crippen LogP contribution in [0.5, 0.6) is 0 Å². The van der Waals surface area contributed by atoms with Crippen molar-refractivity contribution in [3.05, 3.63) is 71.3 Å². The summed E-state index contributed by atoms with van der Waals surface area (Å²) in [7, 11) is 0. The topological polar surface area (TPSA) is 43.4 Å². The van der Waals surface area contributed by atoms with Gasteiger partial charge >= 0.3 is 5.97 Å². The van der Waals surface area contributed by atoms with Gasteiger partial charge in [0.2, 0.25) is 0 Å². The van der Waals surface area contributed by atoms with Gasteiger partial charge in [-0.1, -0.05) is 54.6 Å². The molecule has 1 aliphatic carbocycles. The molecule has 2 aromatic carbocycles. The molecule has 22 heavy (non-hydrogen) atoms. The zero-order chi connectivity index (χ0) is 15.6. The van der Waals surface area contributed by atoms with Crippen molar-refractivity contribution in [1.29, 1.82) is 0 Å². The first-order valence-electron chi connectivity index (χ1n) is 7.45. The highest BCUT2D eigenvalue weighted by atomic mass is 16.5. The monoisotopic (exact) mass is 294 g/mol. The number of hydrogen-bond donors (Lipinski definition) is 0. The maximum Gasteiger partial charge on any atom is 0.320 e. The van der Waals surface area contributed by atoms with E-state index in [1.165, 1.54) is 0 Å². The molecule has 0 heterocycles. The van der Waals surface area contributed by atoms with Gasteiger partial charge in [-0.05, 0) is 30.9 Å². The van der Waals surface area contributed by atoms with Crippen molar-refractivity contribution in [2.45, 2.75) is 26.4 Å². The molecule has 0 radical (unpaired) electrons. The number of hydrogen-bond acceptors (Lipinski definition) is 3. The van der Waals surface area contributed by atoms with Crippen LogP contribution in [-0.4, -0.2) is 11.8 Å². The minimum Gasteiger partial charge on any atom is -0.460 e. The van der Waals surface area contributed by atoms with Crippen molar-refractivity contribution in [2.24, 2.45) is 5.41 Å². The molecule has 112 valence electrons. The Morgan fingerprint density at radius 3 is 2.55 bits per heavy atom. The van der Waals surface area contributed by atoms with Gasteiger partial charge in [0, 0.05) is 5.56 Å². The summed E-state index contributed by atoms with van der Waals surface area (Å²) in [4.78, 5) is 25.2. The van der Waals surface area contributed by atoms with E-state index < -0.39 is 11.4 Å². The number of benzene rings is 2. The Balaban J connectivity index is 1.76. The van der Waals surface area contributed by atoms with Gasteiger partial charge in [0.15, 0.2) is 5.78 Å². The molecule has 0 amide bonds. The van der Waals surface area contributed by atoms with Crippen LogP contribution in [0.4, 0.5) is 0 Å². The third kappa shape index (κ3) is 2.54. The molecule has 0 bridgehead atoms. The van der Waals surface area contributed by atoms with Gasteiger partial charge in [-0.25, -0.2) is 0 Å². The summed E-state index contributed by atoms with van der Waals surface area (Å²) in [5.74, 6) is -0.566. The van der Waals surface area contributed by atoms with Gasteiger partial charge in [-0.15, -0.1) is 0 Å². The van der Waals surface area contributed by atoms with Crippen LogP contribution in [0, 0.1) is 5.41 Å². The summed E-state index contributed by atoms with van der Waals surface area (Å²) >= 11 is 0. The van der Waals surface area contributed by atoms with E-state index >= 15 is 0 Å². The van der Waals surface area contributed by atoms with Crippen molar-refractivity contribution in [2.75, 3.05) is 0 Å². The number of aryl methyl sites for hydroxylation is 1. The molecule has 0 fully saturated rings. The van der Waals surface area contributed by atoms with Crippen LogP contribution in [0.1, 0.15) is 34.8 Å². The van der Waals surface area contributed by atoms with E-state index in [1.54, 1.807) is 13.0 Å². The van der Waals surface area contributed by atoms with Gasteiger partial charge in [0.1, 0.15) is 12.0 Å². The lowest BCUT2D eigenvalue weighted by atomic mass is 9.72. The van der Waals surface area contributed by atoms with Crippen LogP contribution in [0.25, 0.3) is 0 Å². The lowest BCUT2D eigenvalue weighted by molar-refractivity contribution is -0.153. The molecule has 0 aliphatic heterocycles. The Hall–Kier alpha value is -2.42. The first-order chi connectivity index (χ1) is 10.6. The molecule has 0 unspecified atom stereocenters. The van der Waals surface area contributed by atoms with Crippen LogP contribution in [0.15, 0.2) is 54.6 Å². The Kier molecular flexibility index (Phi) is 3.80. The number of Topliss-reactive ketones (excluding diaryl/α,β-unsaturated/α-hetero) is 1. The molecule has 2 aromatic rings. The first-order valence-corrected chi connectivity index (χ1v) is 7.45. The number of fused-ring (bicyclic) bond motifs is 1. The van der Waals surface area contributed by atoms with Gasteiger partial charge in [0.05, 0.1) is 0 Å². The average Bonchev–Trinajstić information content (AvgIpc) is 2.57. The van der Waals surface area contributed by atoms with Gasteiger partial charge in [-0.2, -0.15) is 0 Å². The molecule has 0 saturated carbocycles. The summed E-state index contributed by atoms with van der Waals surface area (Å²) in [6.07, 6.45) is 1.22. The molecule has 3 heteroatoms. The summed E-state index contributed by atoms with van der Waals surface area (Å²) in [5, 5.41) is 0. The maximum absolute atomic E-state index is 12.7. The van der Waals surface area contributed by atoms with Crippen LogP contribution in [0.3, 0.4) is 0 Å². The first kappa shape index (κ1) is 14.5. The maximum atomic E-state index is 12.7. The number of carbonyl (C=O) groups excluding carboxylic acids is 2.